The third kappa shape index (κ3) is 25.9. The Morgan fingerprint density at radius 1 is 0.460 bits per heavy atom. The normalized spacial score (nSPS) is 19.6. The highest BCUT2D eigenvalue weighted by Gasteiger charge is 2.41. The lowest BCUT2D eigenvalue weighted by atomic mass is 9.89. The summed E-state index contributed by atoms with van der Waals surface area (Å²) in [7, 11) is 0. The number of carbonyl (C=O) groups is 8. The topological polar surface area (TPSA) is 468 Å². The van der Waals surface area contributed by atoms with Gasteiger partial charge in [0.25, 0.3) is 47.3 Å². The number of pyridine rings is 4. The van der Waals surface area contributed by atoms with Crippen molar-refractivity contribution in [2.24, 2.45) is 11.8 Å². The summed E-state index contributed by atoms with van der Waals surface area (Å²) in [6, 6.07) is 8.39. The molecule has 0 aromatic carbocycles. The van der Waals surface area contributed by atoms with E-state index in [4.69, 9.17) is 4.42 Å². The molecular weight excluding hydrogens is 1820 g/mol. The van der Waals surface area contributed by atoms with E-state index in [0.717, 1.165) is 130 Å². The molecule has 3 aliphatic carbocycles. The van der Waals surface area contributed by atoms with Crippen LogP contribution in [-0.2, 0) is 6.54 Å². The first-order valence-electron chi connectivity index (χ1n) is 47.8. The number of hydrogen-bond acceptors (Lipinski definition) is 30. The van der Waals surface area contributed by atoms with E-state index in [1.807, 2.05) is 122 Å². The number of anilines is 4. The SMILES string of the molecule is Cc1cc(NC(C)(C)C)ncc1-c1sc(C(=O)NCc2n[nH]c(=O)o2)nc1C(=O)N1CCC[C@@H]1C.Cc1cc(NC(C)C)ncc1-c1sc(C(=O)N[C@@H](C)C(C)(C)O)nc1C(=O)N1CCC[C@@H]1C.Cc1cc(N[C@H](C)C2CC2)ncc1-c1sc(C(=O)NC2CC(O)C2)nc1C(=O)N1CCC[C@@H]1C.Cc1cc(N[C@H](C)C2CC2)ncc1-c1sc(C(=O)N[C@H](C)C(C)(C)O)nc1C(=O)N1CCC[C@@H]1C. The molecule has 0 unspecified atom stereocenters. The van der Waals surface area contributed by atoms with Crippen molar-refractivity contribution in [1.82, 2.24) is 90.9 Å². The van der Waals surface area contributed by atoms with E-state index >= 15 is 0 Å². The van der Waals surface area contributed by atoms with Crippen molar-refractivity contribution >= 4 is 116 Å². The van der Waals surface area contributed by atoms with E-state index in [9.17, 15) is 58.5 Å². The van der Waals surface area contributed by atoms with Gasteiger partial charge in [0, 0.05) is 127 Å². The summed E-state index contributed by atoms with van der Waals surface area (Å²) < 4.78 is 4.82. The van der Waals surface area contributed by atoms with Crippen LogP contribution in [0.5, 0.6) is 0 Å². The maximum Gasteiger partial charge on any atom is 0.434 e. The lowest BCUT2D eigenvalue weighted by Gasteiger charge is -2.31. The molecule has 738 valence electrons. The molecule has 7 aliphatic rings. The molecule has 137 heavy (non-hydrogen) atoms. The third-order valence-corrected chi connectivity index (χ3v) is 30.6. The first-order chi connectivity index (χ1) is 64.6. The van der Waals surface area contributed by atoms with Crippen molar-refractivity contribution in [3.63, 3.8) is 0 Å². The number of thiazole rings is 4. The minimum Gasteiger partial charge on any atom is -0.393 e. The van der Waals surface area contributed by atoms with Crippen LogP contribution in [0, 0.1) is 39.5 Å². The number of aromatic amines is 1. The number of amides is 8. The van der Waals surface area contributed by atoms with Crippen molar-refractivity contribution in [3.05, 3.63) is 131 Å². The molecule has 0 spiro atoms. The number of hydrogen-bond donors (Lipinski definition) is 12. The van der Waals surface area contributed by atoms with Gasteiger partial charge >= 0.3 is 5.76 Å². The Hall–Kier alpha value is -11.1. The molecule has 39 heteroatoms. The molecule has 3 saturated carbocycles. The Morgan fingerprint density at radius 3 is 1.05 bits per heavy atom. The average Bonchev–Trinajstić information content (AvgIpc) is 1.65. The molecule has 13 heterocycles. The predicted molar refractivity (Wildman–Crippen MR) is 534 cm³/mol. The van der Waals surface area contributed by atoms with E-state index < -0.39 is 46.8 Å². The van der Waals surface area contributed by atoms with Crippen LogP contribution in [0.2, 0.25) is 0 Å². The number of rotatable bonds is 28. The van der Waals surface area contributed by atoms with Crippen molar-refractivity contribution < 1.29 is 58.1 Å². The maximum atomic E-state index is 13.5. The Kier molecular flexibility index (Phi) is 32.8. The second-order valence-electron chi connectivity index (χ2n) is 40.2. The fraction of sp³-hybridized carbons (Fsp3) is 0.571. The van der Waals surface area contributed by atoms with Crippen LogP contribution in [0.1, 0.15) is 317 Å². The predicted octanol–water partition coefficient (Wildman–Crippen LogP) is 14.6. The molecule has 4 saturated heterocycles. The van der Waals surface area contributed by atoms with Gasteiger partial charge in [0.2, 0.25) is 5.89 Å². The molecule has 35 nitrogen and oxygen atoms in total. The number of aryl methyl sites for hydroxylation is 4. The number of likely N-dealkylation sites (tertiary alicyclic amines) is 4. The van der Waals surface area contributed by atoms with Crippen LogP contribution in [0.15, 0.2) is 58.3 Å². The summed E-state index contributed by atoms with van der Waals surface area (Å²) in [5, 5.41) is 61.4. The Labute approximate surface area is 816 Å². The van der Waals surface area contributed by atoms with E-state index in [1.54, 1.807) is 71.2 Å². The van der Waals surface area contributed by atoms with Gasteiger partial charge in [-0.05, 0) is 294 Å². The monoisotopic (exact) mass is 1950 g/mol. The minimum atomic E-state index is -1.08. The molecule has 7 fully saturated rings. The molecule has 8 atom stereocenters. The fourth-order valence-electron chi connectivity index (χ4n) is 16.9. The lowest BCUT2D eigenvalue weighted by Crippen LogP contribution is -2.47. The van der Waals surface area contributed by atoms with Gasteiger partial charge in [-0.3, -0.25) is 38.4 Å². The second-order valence-corrected chi connectivity index (χ2v) is 44.2. The zero-order valence-electron chi connectivity index (χ0n) is 82.4. The average molecular weight is 1960 g/mol. The van der Waals surface area contributed by atoms with E-state index in [1.165, 1.54) is 59.7 Å². The van der Waals surface area contributed by atoms with Gasteiger partial charge in [-0.25, -0.2) is 49.8 Å². The van der Waals surface area contributed by atoms with Crippen molar-refractivity contribution in [2.45, 2.75) is 325 Å². The molecule has 0 radical (unpaired) electrons. The highest BCUT2D eigenvalue weighted by atomic mass is 32.1. The molecule has 8 amide bonds. The van der Waals surface area contributed by atoms with Crippen LogP contribution >= 0.6 is 45.3 Å². The highest BCUT2D eigenvalue weighted by molar-refractivity contribution is 7.18. The Balaban J connectivity index is 0.000000154. The summed E-state index contributed by atoms with van der Waals surface area (Å²) in [5.41, 5.74) is 5.78. The fourth-order valence-corrected chi connectivity index (χ4v) is 21.1. The van der Waals surface area contributed by atoms with Crippen molar-refractivity contribution in [3.8, 4) is 41.8 Å². The molecule has 0 bridgehead atoms. The van der Waals surface area contributed by atoms with Crippen LogP contribution in [0.25, 0.3) is 41.8 Å². The van der Waals surface area contributed by atoms with Gasteiger partial charge in [-0.15, -0.1) is 50.4 Å². The zero-order chi connectivity index (χ0) is 99.3. The molecule has 9 aromatic heterocycles. The van der Waals surface area contributed by atoms with E-state index in [2.05, 4.69) is 113 Å². The smallest absolute Gasteiger partial charge is 0.393 e. The highest BCUT2D eigenvalue weighted by Crippen LogP contribution is 2.43. The number of aliphatic hydroxyl groups is 3. The van der Waals surface area contributed by atoms with Crippen LogP contribution in [0.4, 0.5) is 23.3 Å². The largest absolute Gasteiger partial charge is 0.434 e. The third-order valence-electron chi connectivity index (χ3n) is 26.3. The van der Waals surface area contributed by atoms with Crippen molar-refractivity contribution in [2.75, 3.05) is 47.4 Å². The van der Waals surface area contributed by atoms with Gasteiger partial charge in [-0.1, -0.05) is 0 Å². The Bertz CT molecular complexity index is 5940. The number of nitrogens with zero attached hydrogens (tertiary/aromatic N) is 13. The molecule has 16 rings (SSSR count). The number of aliphatic hydroxyl groups excluding tert-OH is 1. The summed E-state index contributed by atoms with van der Waals surface area (Å²) in [6.45, 7) is 43.3. The summed E-state index contributed by atoms with van der Waals surface area (Å²) in [5.74, 6) is 1.65. The second kappa shape index (κ2) is 43.5. The molecular formula is C98H134N22O13S4. The standard InChI is InChI=1S/C26H37N5O3S.C25H33N5O3S.C24H35N5O3S.C23H29N7O4S/c1-14-12-20(28-16(3)18-9-10-18)27-13-19(14)22-21(25(33)31-11-7-8-15(31)2)30-24(35-22)23(32)29-17(4)26(5,6)34;1-13-9-20(27-15(3)16-6-7-16)26-12-19(13)22-21(25(33)30-8-4-5-14(30)2)29-24(34-22)23(32)28-17-10-18(31)11-17;1-13(2)26-18-11-14(3)17(12-25-18)20-19(23(31)29-10-8-9-15(29)4)28-22(33-20)21(30)27-16(5)24(6,7)32;1-12-9-15(27-23(3,4)5)24-10-14(12)18-17(21(32)30-8-6-7-13(30)2)26-20(35-18)19(31)25-11-16-28-29-22(33)34-16/h12-13,15-18,34H,7-11H2,1-6H3,(H,27,28)(H,29,32);9,12,14-18,31H,4-8,10-11H2,1-3H3,(H,26,27)(H,28,32);11-13,15-16,32H,8-10H2,1-7H3,(H,25,26)(H,27,30);9-10,13H,6-8,11H2,1-5H3,(H,24,27)(H,25,31)(H,29,33)/t15-,16+,17+;14-,15+,17?,18?;15-,16-;13-/m0000/s1. The number of carbonyl (C=O) groups excluding carboxylic acids is 8. The van der Waals surface area contributed by atoms with Gasteiger partial charge < -0.3 is 81.9 Å². The first-order valence-corrected chi connectivity index (χ1v) is 51.0. The summed E-state index contributed by atoms with van der Waals surface area (Å²) in [6.07, 6.45) is 20.4. The quantitative estimate of drug-likeness (QED) is 0.0217. The Morgan fingerprint density at radius 2 is 0.774 bits per heavy atom. The van der Waals surface area contributed by atoms with Crippen LogP contribution in [0.3, 0.4) is 0 Å². The van der Waals surface area contributed by atoms with Gasteiger partial charge in [-0.2, -0.15) is 0 Å². The molecule has 9 aromatic rings. The maximum absolute atomic E-state index is 13.5. The minimum absolute atomic E-state index is 0.0457. The lowest BCUT2D eigenvalue weighted by molar-refractivity contribution is 0.0408. The molecule has 4 aliphatic heterocycles. The zero-order valence-corrected chi connectivity index (χ0v) is 85.7. The molecule has 12 N–H and O–H groups in total. The van der Waals surface area contributed by atoms with Crippen molar-refractivity contribution in [1.29, 1.82) is 0 Å². The van der Waals surface area contributed by atoms with Crippen LogP contribution in [-0.4, -0.2) is 242 Å². The summed E-state index contributed by atoms with van der Waals surface area (Å²) in [4.78, 5) is 163. The number of H-pyrrole nitrogens is 1. The first kappa shape index (κ1) is 103. The van der Waals surface area contributed by atoms with Gasteiger partial charge in [0.05, 0.1) is 55.4 Å². The number of aromatic nitrogens is 10. The summed E-state index contributed by atoms with van der Waals surface area (Å²) >= 11 is 4.75. The van der Waals surface area contributed by atoms with Crippen LogP contribution < -0.4 is 48.3 Å². The van der Waals surface area contributed by atoms with E-state index in [-0.39, 0.29) is 121 Å². The van der Waals surface area contributed by atoms with Gasteiger partial charge in [0.15, 0.2) is 20.0 Å². The van der Waals surface area contributed by atoms with E-state index in [0.29, 0.717) is 93.8 Å². The van der Waals surface area contributed by atoms with Gasteiger partial charge in [0.1, 0.15) is 46.0 Å². The number of nitrogens with one attached hydrogen (secondary N) is 9.